The highest BCUT2D eigenvalue weighted by Crippen LogP contribution is 2.03. The van der Waals surface area contributed by atoms with Crippen molar-refractivity contribution in [2.75, 3.05) is 11.9 Å². The quantitative estimate of drug-likeness (QED) is 0.493. The first kappa shape index (κ1) is 11.0. The number of alkyl halides is 1. The topological polar surface area (TPSA) is 43.1 Å². The predicted molar refractivity (Wildman–Crippen MR) is 60.5 cm³/mol. The highest BCUT2D eigenvalue weighted by Gasteiger charge is 2.01. The third kappa shape index (κ3) is 2.99. The molecule has 2 N–H and O–H groups in total. The molecule has 1 aromatic carbocycles. The molecule has 0 aliphatic carbocycles. The molecule has 0 unspecified atom stereocenters. The van der Waals surface area contributed by atoms with Gasteiger partial charge in [0, 0.05) is 11.1 Å². The molecular weight excluding hydrogens is 242 g/mol. The van der Waals surface area contributed by atoms with Crippen LogP contribution in [0, 0.1) is 11.8 Å². The molecule has 3 heteroatoms. The van der Waals surface area contributed by atoms with Crippen molar-refractivity contribution in [3.8, 4) is 11.8 Å². The van der Waals surface area contributed by atoms with E-state index in [2.05, 4.69) is 27.8 Å². The molecule has 0 saturated carbocycles. The van der Waals surface area contributed by atoms with Crippen LogP contribution in [0.5, 0.6) is 0 Å². The summed E-state index contributed by atoms with van der Waals surface area (Å²) in [7, 11) is 0. The van der Waals surface area contributed by atoms with Crippen molar-refractivity contribution in [1.29, 1.82) is 0 Å². The van der Waals surface area contributed by atoms with Gasteiger partial charge in [-0.05, 0) is 12.1 Å². The van der Waals surface area contributed by atoms with Gasteiger partial charge in [0.15, 0.2) is 5.78 Å². The van der Waals surface area contributed by atoms with Crippen molar-refractivity contribution < 1.29 is 4.79 Å². The van der Waals surface area contributed by atoms with E-state index in [1.165, 1.54) is 0 Å². The van der Waals surface area contributed by atoms with Gasteiger partial charge in [-0.15, -0.1) is 0 Å². The van der Waals surface area contributed by atoms with Crippen molar-refractivity contribution in [3.05, 3.63) is 35.4 Å². The minimum atomic E-state index is -0.0509. The second-order valence-corrected chi connectivity index (χ2v) is 3.20. The maximum absolute atomic E-state index is 11.2. The Morgan fingerprint density at radius 3 is 2.50 bits per heavy atom. The number of Topliss-reactive ketones (excluding diaryl/α,β-unsaturated/α-hetero) is 1. The van der Waals surface area contributed by atoms with Gasteiger partial charge in [0.2, 0.25) is 0 Å². The van der Waals surface area contributed by atoms with Gasteiger partial charge in [0.25, 0.3) is 0 Å². The Hall–Kier alpha value is -1.11. The first-order valence-electron chi connectivity index (χ1n) is 4.16. The smallest absolute Gasteiger partial charge is 0.176 e. The molecule has 0 spiro atoms. The van der Waals surface area contributed by atoms with E-state index in [9.17, 15) is 4.79 Å². The highest BCUT2D eigenvalue weighted by molar-refractivity contribution is 9.09. The van der Waals surface area contributed by atoms with Crippen LogP contribution < -0.4 is 5.73 Å². The molecule has 0 aromatic heterocycles. The lowest BCUT2D eigenvalue weighted by atomic mass is 10.1. The Morgan fingerprint density at radius 1 is 1.36 bits per heavy atom. The molecule has 0 saturated heterocycles. The van der Waals surface area contributed by atoms with Gasteiger partial charge in [-0.25, -0.2) is 0 Å². The lowest BCUT2D eigenvalue weighted by Gasteiger charge is -1.96. The normalized spacial score (nSPS) is 9.00. The number of hydrogen-bond donors (Lipinski definition) is 1. The van der Waals surface area contributed by atoms with E-state index in [1.807, 2.05) is 12.1 Å². The summed E-state index contributed by atoms with van der Waals surface area (Å²) in [5.74, 6) is 5.77. The molecule has 0 amide bonds. The van der Waals surface area contributed by atoms with E-state index in [0.29, 0.717) is 10.9 Å². The van der Waals surface area contributed by atoms with Crippen molar-refractivity contribution in [2.45, 2.75) is 0 Å². The van der Waals surface area contributed by atoms with Crippen LogP contribution in [-0.4, -0.2) is 17.7 Å². The van der Waals surface area contributed by atoms with Gasteiger partial charge in [-0.2, -0.15) is 0 Å². The van der Waals surface area contributed by atoms with Gasteiger partial charge in [-0.1, -0.05) is 39.9 Å². The molecule has 2 nitrogen and oxygen atoms in total. The maximum Gasteiger partial charge on any atom is 0.176 e. The first-order valence-corrected chi connectivity index (χ1v) is 5.28. The molecule has 14 heavy (non-hydrogen) atoms. The first-order chi connectivity index (χ1) is 6.77. The van der Waals surface area contributed by atoms with E-state index < -0.39 is 0 Å². The SMILES string of the molecule is NCC(=O)c1ccc(C#CCBr)cc1. The average Bonchev–Trinajstić information content (AvgIpc) is 2.26. The number of halogens is 1. The van der Waals surface area contributed by atoms with Crippen molar-refractivity contribution in [1.82, 2.24) is 0 Å². The summed E-state index contributed by atoms with van der Waals surface area (Å²) in [5.41, 5.74) is 6.78. The summed E-state index contributed by atoms with van der Waals surface area (Å²) in [6.45, 7) is 0.0480. The Bertz CT molecular complexity index is 373. The van der Waals surface area contributed by atoms with Crippen molar-refractivity contribution in [2.24, 2.45) is 5.73 Å². The molecule has 0 aliphatic rings. The minimum absolute atomic E-state index is 0.0480. The van der Waals surface area contributed by atoms with Gasteiger partial charge in [0.05, 0.1) is 11.9 Å². The molecule has 0 bridgehead atoms. The molecule has 0 aliphatic heterocycles. The van der Waals surface area contributed by atoms with Crippen LogP contribution in [0.2, 0.25) is 0 Å². The van der Waals surface area contributed by atoms with E-state index in [-0.39, 0.29) is 12.3 Å². The van der Waals surface area contributed by atoms with Crippen LogP contribution in [0.25, 0.3) is 0 Å². The minimum Gasteiger partial charge on any atom is -0.324 e. The van der Waals surface area contributed by atoms with Crippen LogP contribution in [0.3, 0.4) is 0 Å². The zero-order valence-electron chi connectivity index (χ0n) is 7.59. The van der Waals surface area contributed by atoms with Crippen LogP contribution in [0.15, 0.2) is 24.3 Å². The molecule has 0 heterocycles. The van der Waals surface area contributed by atoms with Crippen LogP contribution in [-0.2, 0) is 0 Å². The Kier molecular flexibility index (Phi) is 4.37. The van der Waals surface area contributed by atoms with Crippen LogP contribution in [0.1, 0.15) is 15.9 Å². The van der Waals surface area contributed by atoms with E-state index in [0.717, 1.165) is 5.56 Å². The molecule has 1 aromatic rings. The molecule has 0 radical (unpaired) electrons. The second kappa shape index (κ2) is 5.58. The average molecular weight is 252 g/mol. The zero-order chi connectivity index (χ0) is 10.4. The van der Waals surface area contributed by atoms with E-state index in [1.54, 1.807) is 12.1 Å². The fourth-order valence-electron chi connectivity index (χ4n) is 0.993. The standard InChI is InChI=1S/C11H10BrNO/c12-7-1-2-9-3-5-10(6-4-9)11(14)8-13/h3-6H,7-8,13H2. The molecular formula is C11H10BrNO. The van der Waals surface area contributed by atoms with E-state index in [4.69, 9.17) is 5.73 Å². The lowest BCUT2D eigenvalue weighted by molar-refractivity contribution is 0.100. The van der Waals surface area contributed by atoms with Crippen molar-refractivity contribution in [3.63, 3.8) is 0 Å². The maximum atomic E-state index is 11.2. The molecule has 0 atom stereocenters. The van der Waals surface area contributed by atoms with Gasteiger partial charge >= 0.3 is 0 Å². The van der Waals surface area contributed by atoms with Gasteiger partial charge in [0.1, 0.15) is 0 Å². The summed E-state index contributed by atoms with van der Waals surface area (Å²) in [4.78, 5) is 11.2. The number of ketones is 1. The van der Waals surface area contributed by atoms with Crippen LogP contribution >= 0.6 is 15.9 Å². The number of benzene rings is 1. The summed E-state index contributed by atoms with van der Waals surface area (Å²) in [5, 5.41) is 0.649. The largest absolute Gasteiger partial charge is 0.324 e. The van der Waals surface area contributed by atoms with Gasteiger partial charge < -0.3 is 5.73 Å². The third-order valence-electron chi connectivity index (χ3n) is 1.69. The number of carbonyl (C=O) groups excluding carboxylic acids is 1. The number of nitrogens with two attached hydrogens (primary N) is 1. The zero-order valence-corrected chi connectivity index (χ0v) is 9.17. The second-order valence-electron chi connectivity index (χ2n) is 2.64. The Morgan fingerprint density at radius 2 is 2.00 bits per heavy atom. The van der Waals surface area contributed by atoms with Crippen molar-refractivity contribution >= 4 is 21.7 Å². The summed E-state index contributed by atoms with van der Waals surface area (Å²) in [6, 6.07) is 7.12. The monoisotopic (exact) mass is 251 g/mol. The van der Waals surface area contributed by atoms with E-state index >= 15 is 0 Å². The lowest BCUT2D eigenvalue weighted by Crippen LogP contribution is -2.13. The highest BCUT2D eigenvalue weighted by atomic mass is 79.9. The third-order valence-corrected chi connectivity index (χ3v) is 1.97. The molecule has 1 rings (SSSR count). The summed E-state index contributed by atoms with van der Waals surface area (Å²) in [6.07, 6.45) is 0. The van der Waals surface area contributed by atoms with Gasteiger partial charge in [-0.3, -0.25) is 4.79 Å². The number of hydrogen-bond acceptors (Lipinski definition) is 2. The fourth-order valence-corrected chi connectivity index (χ4v) is 1.13. The molecule has 72 valence electrons. The fraction of sp³-hybridized carbons (Fsp3) is 0.182. The Labute approximate surface area is 91.6 Å². The summed E-state index contributed by atoms with van der Waals surface area (Å²) < 4.78 is 0. The Balaban J connectivity index is 2.83. The molecule has 0 fully saturated rings. The predicted octanol–water partition coefficient (Wildman–Crippen LogP) is 1.57. The number of carbonyl (C=O) groups is 1. The number of rotatable bonds is 2. The van der Waals surface area contributed by atoms with Crippen LogP contribution in [0.4, 0.5) is 0 Å². The summed E-state index contributed by atoms with van der Waals surface area (Å²) >= 11 is 3.21.